The van der Waals surface area contributed by atoms with Crippen molar-refractivity contribution in [3.05, 3.63) is 59.9 Å². The molecule has 6 heteroatoms. The lowest BCUT2D eigenvalue weighted by molar-refractivity contribution is -0.124. The Labute approximate surface area is 195 Å². The molecule has 0 spiro atoms. The van der Waals surface area contributed by atoms with Gasteiger partial charge in [-0.15, -0.1) is 0 Å². The number of amides is 2. The van der Waals surface area contributed by atoms with Crippen molar-refractivity contribution in [1.82, 2.24) is 5.32 Å². The largest absolute Gasteiger partial charge is 0.307 e. The van der Waals surface area contributed by atoms with Gasteiger partial charge < -0.3 is 10.2 Å². The van der Waals surface area contributed by atoms with Crippen LogP contribution in [-0.4, -0.2) is 30.4 Å². The van der Waals surface area contributed by atoms with Crippen molar-refractivity contribution >= 4 is 23.2 Å². The first-order chi connectivity index (χ1) is 16.1. The van der Waals surface area contributed by atoms with E-state index >= 15 is 0 Å². The highest BCUT2D eigenvalue weighted by Crippen LogP contribution is 2.44. The van der Waals surface area contributed by atoms with Crippen LogP contribution in [-0.2, 0) is 9.59 Å². The van der Waals surface area contributed by atoms with Crippen molar-refractivity contribution in [1.29, 1.82) is 0 Å². The van der Waals surface area contributed by atoms with Crippen LogP contribution in [0, 0.1) is 5.82 Å². The minimum Gasteiger partial charge on any atom is -0.307 e. The molecule has 1 heterocycles. The lowest BCUT2D eigenvalue weighted by atomic mass is 9.94. The van der Waals surface area contributed by atoms with Crippen LogP contribution in [0.4, 0.5) is 15.8 Å². The molecule has 0 saturated heterocycles. The molecule has 2 amide bonds. The summed E-state index contributed by atoms with van der Waals surface area (Å²) < 4.78 is 14.2. The molecule has 3 aliphatic rings. The first-order valence-electron chi connectivity index (χ1n) is 12.4. The number of para-hydroxylation sites is 1. The molecule has 2 aromatic carbocycles. The Kier molecular flexibility index (Phi) is 6.45. The fourth-order valence-electron chi connectivity index (χ4n) is 5.80. The Balaban J connectivity index is 1.50. The molecule has 0 radical (unpaired) electrons. The fraction of sp³-hybridized carbons (Fsp3) is 0.481. The van der Waals surface area contributed by atoms with Crippen molar-refractivity contribution in [3.63, 3.8) is 0 Å². The minimum absolute atomic E-state index is 0.0819. The van der Waals surface area contributed by atoms with Crippen LogP contribution in [0.25, 0.3) is 0 Å². The van der Waals surface area contributed by atoms with E-state index in [2.05, 4.69) is 5.32 Å². The van der Waals surface area contributed by atoms with Crippen molar-refractivity contribution in [2.45, 2.75) is 75.9 Å². The predicted octanol–water partition coefficient (Wildman–Crippen LogP) is 5.11. The third kappa shape index (κ3) is 4.41. The molecule has 2 fully saturated rings. The summed E-state index contributed by atoms with van der Waals surface area (Å²) in [5.74, 6) is -0.704. The number of rotatable bonds is 6. The summed E-state index contributed by atoms with van der Waals surface area (Å²) in [6, 6.07) is 13.5. The second-order valence-corrected chi connectivity index (χ2v) is 9.57. The van der Waals surface area contributed by atoms with Gasteiger partial charge in [0.25, 0.3) is 5.91 Å². The third-order valence-electron chi connectivity index (χ3n) is 7.41. The minimum atomic E-state index is -0.775. The molecular formula is C27H32FN3O2. The van der Waals surface area contributed by atoms with Crippen LogP contribution >= 0.6 is 0 Å². The van der Waals surface area contributed by atoms with Crippen LogP contribution in [0.5, 0.6) is 0 Å². The highest BCUT2D eigenvalue weighted by Gasteiger charge is 2.45. The first kappa shape index (κ1) is 22.1. The SMILES string of the molecule is O=C1C(N(C(=O)CNC2CCCC2)c2cccc(F)c2)c2ccccc2N1C1CCCCC1. The molecule has 2 aliphatic carbocycles. The lowest BCUT2D eigenvalue weighted by Crippen LogP contribution is -2.48. The summed E-state index contributed by atoms with van der Waals surface area (Å²) >= 11 is 0. The number of nitrogens with zero attached hydrogens (tertiary/aromatic N) is 2. The molecule has 0 bridgehead atoms. The molecule has 0 aromatic heterocycles. The lowest BCUT2D eigenvalue weighted by Gasteiger charge is -2.33. The normalized spacial score (nSPS) is 21.4. The number of hydrogen-bond donors (Lipinski definition) is 1. The summed E-state index contributed by atoms with van der Waals surface area (Å²) in [4.78, 5) is 31.0. The molecule has 2 saturated carbocycles. The number of anilines is 2. The van der Waals surface area contributed by atoms with Gasteiger partial charge in [0.1, 0.15) is 11.9 Å². The van der Waals surface area contributed by atoms with E-state index in [-0.39, 0.29) is 24.4 Å². The Morgan fingerprint density at radius 2 is 1.70 bits per heavy atom. The number of carbonyl (C=O) groups is 2. The number of carbonyl (C=O) groups excluding carboxylic acids is 2. The van der Waals surface area contributed by atoms with E-state index in [0.29, 0.717) is 11.7 Å². The smallest absolute Gasteiger partial charge is 0.255 e. The monoisotopic (exact) mass is 449 g/mol. The predicted molar refractivity (Wildman–Crippen MR) is 128 cm³/mol. The maximum absolute atomic E-state index is 14.2. The molecule has 1 N–H and O–H groups in total. The zero-order valence-corrected chi connectivity index (χ0v) is 19.0. The molecule has 33 heavy (non-hydrogen) atoms. The zero-order valence-electron chi connectivity index (χ0n) is 19.0. The van der Waals surface area contributed by atoms with E-state index in [1.165, 1.54) is 36.3 Å². The van der Waals surface area contributed by atoms with Gasteiger partial charge in [-0.25, -0.2) is 4.39 Å². The molecule has 1 unspecified atom stereocenters. The number of nitrogens with one attached hydrogen (secondary N) is 1. The molecule has 5 nitrogen and oxygen atoms in total. The number of halogens is 1. The molecular weight excluding hydrogens is 417 g/mol. The Hall–Kier alpha value is -2.73. The van der Waals surface area contributed by atoms with Gasteiger partial charge in [0.15, 0.2) is 0 Å². The standard InChI is InChI=1S/C27H32FN3O2/c28-19-9-8-14-22(17-19)31(25(32)18-29-20-10-4-5-11-20)26-23-15-6-7-16-24(23)30(27(26)33)21-12-2-1-3-13-21/h6-9,14-17,20-21,26,29H,1-5,10-13,18H2. The Morgan fingerprint density at radius 3 is 2.45 bits per heavy atom. The van der Waals surface area contributed by atoms with E-state index in [0.717, 1.165) is 49.8 Å². The maximum atomic E-state index is 14.2. The van der Waals surface area contributed by atoms with Crippen LogP contribution in [0.3, 0.4) is 0 Å². The van der Waals surface area contributed by atoms with Crippen molar-refractivity contribution in [2.75, 3.05) is 16.3 Å². The first-order valence-corrected chi connectivity index (χ1v) is 12.4. The average Bonchev–Trinajstić information content (AvgIpc) is 3.45. The van der Waals surface area contributed by atoms with E-state index in [4.69, 9.17) is 0 Å². The molecule has 174 valence electrons. The average molecular weight is 450 g/mol. The Bertz CT molecular complexity index is 1010. The van der Waals surface area contributed by atoms with Gasteiger partial charge in [0.05, 0.1) is 6.54 Å². The second kappa shape index (κ2) is 9.64. The topological polar surface area (TPSA) is 52.7 Å². The van der Waals surface area contributed by atoms with Gasteiger partial charge in [0.2, 0.25) is 5.91 Å². The summed E-state index contributed by atoms with van der Waals surface area (Å²) in [5.41, 5.74) is 2.13. The van der Waals surface area contributed by atoms with Crippen molar-refractivity contribution in [3.8, 4) is 0 Å². The third-order valence-corrected chi connectivity index (χ3v) is 7.41. The van der Waals surface area contributed by atoms with Crippen molar-refractivity contribution < 1.29 is 14.0 Å². The fourth-order valence-corrected chi connectivity index (χ4v) is 5.80. The van der Waals surface area contributed by atoms with Crippen molar-refractivity contribution in [2.24, 2.45) is 0 Å². The van der Waals surface area contributed by atoms with E-state index < -0.39 is 11.9 Å². The molecule has 1 aliphatic heterocycles. The van der Waals surface area contributed by atoms with E-state index in [9.17, 15) is 14.0 Å². The van der Waals surface area contributed by atoms with Gasteiger partial charge in [0, 0.05) is 29.0 Å². The maximum Gasteiger partial charge on any atom is 0.255 e. The van der Waals surface area contributed by atoms with E-state index in [1.807, 2.05) is 29.2 Å². The van der Waals surface area contributed by atoms with E-state index in [1.54, 1.807) is 12.1 Å². The Morgan fingerprint density at radius 1 is 0.970 bits per heavy atom. The van der Waals surface area contributed by atoms with Crippen LogP contribution in [0.1, 0.15) is 69.4 Å². The van der Waals surface area contributed by atoms with Crippen LogP contribution in [0.15, 0.2) is 48.5 Å². The quantitative estimate of drug-likeness (QED) is 0.667. The van der Waals surface area contributed by atoms with Crippen LogP contribution in [0.2, 0.25) is 0 Å². The summed E-state index contributed by atoms with van der Waals surface area (Å²) in [6.45, 7) is 0.135. The summed E-state index contributed by atoms with van der Waals surface area (Å²) in [7, 11) is 0. The zero-order chi connectivity index (χ0) is 22.8. The number of benzene rings is 2. The number of hydrogen-bond acceptors (Lipinski definition) is 3. The summed E-state index contributed by atoms with van der Waals surface area (Å²) in [6.07, 6.45) is 9.84. The molecule has 5 rings (SSSR count). The van der Waals surface area contributed by atoms with Gasteiger partial charge in [-0.1, -0.05) is 56.4 Å². The molecule has 1 atom stereocenters. The van der Waals surface area contributed by atoms with Crippen LogP contribution < -0.4 is 15.1 Å². The molecule has 2 aromatic rings. The highest BCUT2D eigenvalue weighted by molar-refractivity contribution is 6.12. The summed E-state index contributed by atoms with van der Waals surface area (Å²) in [5, 5.41) is 3.37. The number of fused-ring (bicyclic) bond motifs is 1. The second-order valence-electron chi connectivity index (χ2n) is 9.57. The van der Waals surface area contributed by atoms with Gasteiger partial charge in [-0.2, -0.15) is 0 Å². The van der Waals surface area contributed by atoms with Gasteiger partial charge in [-0.3, -0.25) is 14.5 Å². The van der Waals surface area contributed by atoms with Gasteiger partial charge >= 0.3 is 0 Å². The highest BCUT2D eigenvalue weighted by atomic mass is 19.1. The van der Waals surface area contributed by atoms with Gasteiger partial charge in [-0.05, 0) is 49.9 Å².